The lowest BCUT2D eigenvalue weighted by Gasteiger charge is -2.35. The van der Waals surface area contributed by atoms with Gasteiger partial charge in [-0.15, -0.1) is 10.2 Å². The van der Waals surface area contributed by atoms with Crippen LogP contribution in [-0.4, -0.2) is 73.6 Å². The molecule has 0 unspecified atom stereocenters. The first-order valence-electron chi connectivity index (χ1n) is 9.52. The fraction of sp³-hybridized carbons (Fsp3) is 0.421. The summed E-state index contributed by atoms with van der Waals surface area (Å²) in [6.45, 7) is 5.00. The van der Waals surface area contributed by atoms with Gasteiger partial charge in [0.25, 0.3) is 0 Å². The van der Waals surface area contributed by atoms with Gasteiger partial charge in [-0.1, -0.05) is 0 Å². The maximum atomic E-state index is 13.7. The summed E-state index contributed by atoms with van der Waals surface area (Å²) in [5.74, 6) is 0.296. The minimum absolute atomic E-state index is 0.165. The predicted molar refractivity (Wildman–Crippen MR) is 104 cm³/mol. The Kier molecular flexibility index (Phi) is 5.70. The maximum Gasteiger partial charge on any atom is 0.322 e. The number of carbonyl (C=O) groups excluding carboxylic acids is 1. The Morgan fingerprint density at radius 3 is 2.14 bits per heavy atom. The van der Waals surface area contributed by atoms with Crippen LogP contribution in [0, 0.1) is 11.6 Å². The molecule has 2 saturated heterocycles. The van der Waals surface area contributed by atoms with Gasteiger partial charge < -0.3 is 24.8 Å². The molecule has 2 aliphatic heterocycles. The number of hydrogen-bond acceptors (Lipinski definition) is 6. The molecule has 0 saturated carbocycles. The van der Waals surface area contributed by atoms with E-state index < -0.39 is 17.7 Å². The van der Waals surface area contributed by atoms with E-state index >= 15 is 0 Å². The number of piperazine rings is 1. The van der Waals surface area contributed by atoms with Crippen molar-refractivity contribution < 1.29 is 18.3 Å². The molecule has 1 aromatic carbocycles. The smallest absolute Gasteiger partial charge is 0.322 e. The van der Waals surface area contributed by atoms with Crippen molar-refractivity contribution in [3.63, 3.8) is 0 Å². The van der Waals surface area contributed by atoms with Crippen molar-refractivity contribution in [1.29, 1.82) is 0 Å². The third-order valence-corrected chi connectivity index (χ3v) is 5.03. The van der Waals surface area contributed by atoms with Gasteiger partial charge in [-0.3, -0.25) is 0 Å². The Morgan fingerprint density at radius 2 is 1.52 bits per heavy atom. The quantitative estimate of drug-likeness (QED) is 0.843. The highest BCUT2D eigenvalue weighted by Gasteiger charge is 2.23. The summed E-state index contributed by atoms with van der Waals surface area (Å²) in [7, 11) is 0. The minimum Gasteiger partial charge on any atom is -0.378 e. The second-order valence-corrected chi connectivity index (χ2v) is 6.88. The highest BCUT2D eigenvalue weighted by molar-refractivity contribution is 5.89. The molecule has 0 radical (unpaired) electrons. The molecule has 0 spiro atoms. The van der Waals surface area contributed by atoms with E-state index in [1.165, 1.54) is 0 Å². The van der Waals surface area contributed by atoms with Crippen LogP contribution in [0.3, 0.4) is 0 Å². The maximum absolute atomic E-state index is 13.7. The molecule has 0 aliphatic carbocycles. The molecule has 2 amide bonds. The van der Waals surface area contributed by atoms with Crippen LogP contribution in [0.1, 0.15) is 0 Å². The van der Waals surface area contributed by atoms with Gasteiger partial charge in [-0.25, -0.2) is 13.6 Å². The molecule has 29 heavy (non-hydrogen) atoms. The lowest BCUT2D eigenvalue weighted by atomic mass is 10.3. The highest BCUT2D eigenvalue weighted by atomic mass is 19.1. The lowest BCUT2D eigenvalue weighted by Crippen LogP contribution is -2.50. The number of urea groups is 1. The van der Waals surface area contributed by atoms with Gasteiger partial charge in [-0.2, -0.15) is 0 Å². The number of hydrogen-bond donors (Lipinski definition) is 1. The largest absolute Gasteiger partial charge is 0.378 e. The Morgan fingerprint density at radius 1 is 0.897 bits per heavy atom. The normalized spacial score (nSPS) is 17.4. The average molecular weight is 404 g/mol. The molecular formula is C19H22F2N6O2. The molecule has 0 bridgehead atoms. The van der Waals surface area contributed by atoms with Crippen LogP contribution in [0.5, 0.6) is 0 Å². The van der Waals surface area contributed by atoms with Crippen molar-refractivity contribution in [3.8, 4) is 0 Å². The number of amides is 2. The van der Waals surface area contributed by atoms with Crippen LogP contribution in [0.15, 0.2) is 30.3 Å². The van der Waals surface area contributed by atoms with E-state index in [-0.39, 0.29) is 5.69 Å². The number of nitrogens with one attached hydrogen (secondary N) is 1. The van der Waals surface area contributed by atoms with Crippen molar-refractivity contribution in [2.45, 2.75) is 0 Å². The molecule has 4 rings (SSSR count). The second-order valence-electron chi connectivity index (χ2n) is 6.88. The van der Waals surface area contributed by atoms with E-state index in [9.17, 15) is 13.6 Å². The van der Waals surface area contributed by atoms with Gasteiger partial charge in [0, 0.05) is 45.3 Å². The standard InChI is InChI=1S/C19H22F2N6O2/c20-14-1-2-15(21)16(13-14)22-19(28)27-7-5-25(6-8-27)17-3-4-18(24-23-17)26-9-11-29-12-10-26/h1-4,13H,5-12H2,(H,22,28). The van der Waals surface area contributed by atoms with E-state index in [0.29, 0.717) is 39.4 Å². The summed E-state index contributed by atoms with van der Waals surface area (Å²) in [5, 5.41) is 11.1. The molecule has 10 heteroatoms. The van der Waals surface area contributed by atoms with Crippen LogP contribution in [0.2, 0.25) is 0 Å². The Bertz CT molecular complexity index is 852. The number of anilines is 3. The molecule has 0 atom stereocenters. The van der Waals surface area contributed by atoms with E-state index in [1.54, 1.807) is 4.90 Å². The van der Waals surface area contributed by atoms with Crippen molar-refractivity contribution in [2.24, 2.45) is 0 Å². The van der Waals surface area contributed by atoms with Crippen molar-refractivity contribution in [2.75, 3.05) is 67.6 Å². The first-order chi connectivity index (χ1) is 14.1. The summed E-state index contributed by atoms with van der Waals surface area (Å²) in [6.07, 6.45) is 0. The van der Waals surface area contributed by atoms with Gasteiger partial charge in [0.05, 0.1) is 18.9 Å². The molecule has 2 fully saturated rings. The third-order valence-electron chi connectivity index (χ3n) is 5.03. The molecule has 1 aromatic heterocycles. The van der Waals surface area contributed by atoms with Crippen LogP contribution in [0.4, 0.5) is 30.9 Å². The van der Waals surface area contributed by atoms with Crippen LogP contribution in [-0.2, 0) is 4.74 Å². The van der Waals surface area contributed by atoms with Crippen LogP contribution >= 0.6 is 0 Å². The van der Waals surface area contributed by atoms with Gasteiger partial charge in [0.2, 0.25) is 0 Å². The summed E-state index contributed by atoms with van der Waals surface area (Å²) in [6, 6.07) is 6.38. The zero-order chi connectivity index (χ0) is 20.2. The SMILES string of the molecule is O=C(Nc1cc(F)ccc1F)N1CCN(c2ccc(N3CCOCC3)nn2)CC1. The molecule has 1 N–H and O–H groups in total. The average Bonchev–Trinajstić information content (AvgIpc) is 2.77. The summed E-state index contributed by atoms with van der Waals surface area (Å²) in [5.41, 5.74) is -0.165. The lowest BCUT2D eigenvalue weighted by molar-refractivity contribution is 0.122. The van der Waals surface area contributed by atoms with Crippen LogP contribution < -0.4 is 15.1 Å². The summed E-state index contributed by atoms with van der Waals surface area (Å²) in [4.78, 5) is 18.1. The monoisotopic (exact) mass is 404 g/mol. The summed E-state index contributed by atoms with van der Waals surface area (Å²) < 4.78 is 32.3. The Balaban J connectivity index is 1.32. The van der Waals surface area contributed by atoms with Gasteiger partial charge >= 0.3 is 6.03 Å². The van der Waals surface area contributed by atoms with Gasteiger partial charge in [-0.05, 0) is 24.3 Å². The van der Waals surface area contributed by atoms with E-state index in [1.807, 2.05) is 17.0 Å². The second kappa shape index (κ2) is 8.56. The number of morpholine rings is 1. The molecule has 8 nitrogen and oxygen atoms in total. The number of benzene rings is 1. The van der Waals surface area contributed by atoms with E-state index in [4.69, 9.17) is 4.74 Å². The predicted octanol–water partition coefficient (Wildman–Crippen LogP) is 1.95. The number of ether oxygens (including phenoxy) is 1. The van der Waals surface area contributed by atoms with Gasteiger partial charge in [0.1, 0.15) is 11.6 Å². The van der Waals surface area contributed by atoms with Crippen molar-refractivity contribution in [1.82, 2.24) is 15.1 Å². The highest BCUT2D eigenvalue weighted by Crippen LogP contribution is 2.19. The zero-order valence-corrected chi connectivity index (χ0v) is 15.9. The third kappa shape index (κ3) is 4.53. The first kappa shape index (κ1) is 19.3. The molecule has 2 aromatic rings. The topological polar surface area (TPSA) is 73.8 Å². The molecule has 154 valence electrons. The fourth-order valence-electron chi connectivity index (χ4n) is 3.37. The minimum atomic E-state index is -0.672. The molecule has 2 aliphatic rings. The van der Waals surface area contributed by atoms with Crippen molar-refractivity contribution >= 4 is 23.4 Å². The Hall–Kier alpha value is -3.01. The number of nitrogens with zero attached hydrogens (tertiary/aromatic N) is 5. The van der Waals surface area contributed by atoms with Crippen molar-refractivity contribution in [3.05, 3.63) is 42.0 Å². The number of carbonyl (C=O) groups is 1. The number of rotatable bonds is 3. The first-order valence-corrected chi connectivity index (χ1v) is 9.52. The van der Waals surface area contributed by atoms with Crippen LogP contribution in [0.25, 0.3) is 0 Å². The number of halogens is 2. The summed E-state index contributed by atoms with van der Waals surface area (Å²) >= 11 is 0. The Labute approximate surface area is 167 Å². The molecule has 3 heterocycles. The number of aromatic nitrogens is 2. The molecular weight excluding hydrogens is 382 g/mol. The zero-order valence-electron chi connectivity index (χ0n) is 15.9. The fourth-order valence-corrected chi connectivity index (χ4v) is 3.37. The van der Waals surface area contributed by atoms with Gasteiger partial charge in [0.15, 0.2) is 11.6 Å². The van der Waals surface area contributed by atoms with E-state index in [0.717, 1.165) is 42.9 Å². The van der Waals surface area contributed by atoms with E-state index in [2.05, 4.69) is 20.4 Å².